The molecule has 0 unspecified atom stereocenters. The Kier molecular flexibility index (Phi) is 7.50. The molecule has 2 aromatic heterocycles. The number of fused-ring (bicyclic) bond motifs is 1. The van der Waals surface area contributed by atoms with Crippen molar-refractivity contribution in [3.05, 3.63) is 60.9 Å². The monoisotopic (exact) mass is 551 g/mol. The zero-order valence-electron chi connectivity index (χ0n) is 21.2. The Hall–Kier alpha value is -4.39. The summed E-state index contributed by atoms with van der Waals surface area (Å²) in [7, 11) is -2.22. The van der Waals surface area contributed by atoms with Gasteiger partial charge in [-0.15, -0.1) is 0 Å². The molecule has 4 aromatic rings. The molecule has 13 heteroatoms. The largest absolute Gasteiger partial charge is 0.497 e. The predicted molar refractivity (Wildman–Crippen MR) is 146 cm³/mol. The highest BCUT2D eigenvalue weighted by atomic mass is 32.2. The summed E-state index contributed by atoms with van der Waals surface area (Å²) >= 11 is 0. The molecule has 2 aromatic carbocycles. The molecule has 0 radical (unpaired) electrons. The zero-order valence-corrected chi connectivity index (χ0v) is 22.1. The van der Waals surface area contributed by atoms with E-state index in [1.54, 1.807) is 55.9 Å². The topological polar surface area (TPSA) is 160 Å². The van der Waals surface area contributed by atoms with Crippen molar-refractivity contribution in [2.24, 2.45) is 5.92 Å². The van der Waals surface area contributed by atoms with Crippen LogP contribution in [0, 0.1) is 5.92 Å². The van der Waals surface area contributed by atoms with Crippen molar-refractivity contribution >= 4 is 44.5 Å². The van der Waals surface area contributed by atoms with E-state index >= 15 is 0 Å². The van der Waals surface area contributed by atoms with Gasteiger partial charge in [0.15, 0.2) is 5.65 Å². The lowest BCUT2D eigenvalue weighted by molar-refractivity contribution is 0.180. The predicted octanol–water partition coefficient (Wildman–Crippen LogP) is 4.21. The van der Waals surface area contributed by atoms with Crippen LogP contribution in [-0.4, -0.2) is 52.5 Å². The highest BCUT2D eigenvalue weighted by Gasteiger charge is 2.23. The smallest absolute Gasteiger partial charge is 0.404 e. The molecule has 1 amide bonds. The fourth-order valence-corrected chi connectivity index (χ4v) is 5.75. The number of sulfonamides is 1. The SMILES string of the molecule is COc1ccc(NS(=O)(=O)c2ccc(Nc3ncc4cnn(C[C@H]5CC[C@H](NC(=O)O)CC5)c4n3)cc2)cc1. The maximum Gasteiger partial charge on any atom is 0.404 e. The van der Waals surface area contributed by atoms with Gasteiger partial charge in [-0.25, -0.2) is 22.9 Å². The van der Waals surface area contributed by atoms with Crippen LogP contribution in [0.2, 0.25) is 0 Å². The minimum absolute atomic E-state index is 0.00541. The number of aromatic nitrogens is 4. The number of carboxylic acid groups (broad SMARTS) is 1. The van der Waals surface area contributed by atoms with E-state index in [-0.39, 0.29) is 10.9 Å². The lowest BCUT2D eigenvalue weighted by atomic mass is 9.86. The number of benzene rings is 2. The van der Waals surface area contributed by atoms with Gasteiger partial charge in [-0.3, -0.25) is 4.72 Å². The maximum absolute atomic E-state index is 12.8. The number of rotatable bonds is 9. The number of ether oxygens (including phenoxy) is 1. The third-order valence-corrected chi connectivity index (χ3v) is 8.14. The number of amides is 1. The number of hydrogen-bond donors (Lipinski definition) is 4. The Bertz CT molecular complexity index is 1550. The van der Waals surface area contributed by atoms with E-state index in [2.05, 4.69) is 30.4 Å². The van der Waals surface area contributed by atoms with Crippen LogP contribution in [0.1, 0.15) is 25.7 Å². The van der Waals surface area contributed by atoms with Crippen LogP contribution >= 0.6 is 0 Å². The molecule has 0 aliphatic heterocycles. The summed E-state index contributed by atoms with van der Waals surface area (Å²) in [6, 6.07) is 12.9. The quantitative estimate of drug-likeness (QED) is 0.239. The summed E-state index contributed by atoms with van der Waals surface area (Å²) in [5, 5.41) is 19.9. The van der Waals surface area contributed by atoms with Gasteiger partial charge in [0, 0.05) is 30.2 Å². The minimum atomic E-state index is -3.77. The lowest BCUT2D eigenvalue weighted by Crippen LogP contribution is -2.37. The molecule has 1 saturated carbocycles. The van der Waals surface area contributed by atoms with Gasteiger partial charge in [0.1, 0.15) is 5.75 Å². The average molecular weight is 552 g/mol. The van der Waals surface area contributed by atoms with Gasteiger partial charge in [0.05, 0.1) is 23.6 Å². The van der Waals surface area contributed by atoms with Gasteiger partial charge in [-0.05, 0) is 80.1 Å². The van der Waals surface area contributed by atoms with Crippen LogP contribution < -0.4 is 20.1 Å². The molecule has 1 fully saturated rings. The fraction of sp³-hybridized carbons (Fsp3) is 0.308. The van der Waals surface area contributed by atoms with Gasteiger partial charge < -0.3 is 20.5 Å². The number of anilines is 3. The van der Waals surface area contributed by atoms with Gasteiger partial charge in [-0.1, -0.05) is 0 Å². The first kappa shape index (κ1) is 26.2. The molecule has 0 saturated heterocycles. The van der Waals surface area contributed by atoms with E-state index < -0.39 is 16.1 Å². The van der Waals surface area contributed by atoms with Crippen molar-refractivity contribution in [1.29, 1.82) is 0 Å². The Labute approximate surface area is 225 Å². The van der Waals surface area contributed by atoms with Crippen LogP contribution in [0.5, 0.6) is 5.75 Å². The summed E-state index contributed by atoms with van der Waals surface area (Å²) in [6.45, 7) is 0.688. The normalized spacial score (nSPS) is 17.5. The Morgan fingerprint density at radius 2 is 1.72 bits per heavy atom. The van der Waals surface area contributed by atoms with Crippen LogP contribution in [-0.2, 0) is 16.6 Å². The molecular formula is C26H29N7O5S. The van der Waals surface area contributed by atoms with E-state index in [1.165, 1.54) is 12.1 Å². The summed E-state index contributed by atoms with van der Waals surface area (Å²) in [5.41, 5.74) is 1.76. The second-order valence-electron chi connectivity index (χ2n) is 9.45. The Morgan fingerprint density at radius 1 is 1.03 bits per heavy atom. The first-order chi connectivity index (χ1) is 18.8. The molecule has 2 heterocycles. The van der Waals surface area contributed by atoms with E-state index in [9.17, 15) is 13.2 Å². The van der Waals surface area contributed by atoms with Crippen molar-refractivity contribution in [3.8, 4) is 5.75 Å². The first-order valence-corrected chi connectivity index (χ1v) is 14.0. The second kappa shape index (κ2) is 11.2. The summed E-state index contributed by atoms with van der Waals surface area (Å²) in [5.74, 6) is 1.38. The lowest BCUT2D eigenvalue weighted by Gasteiger charge is -2.28. The molecular weight excluding hydrogens is 522 g/mol. The summed E-state index contributed by atoms with van der Waals surface area (Å²) < 4.78 is 35.1. The maximum atomic E-state index is 12.8. The highest BCUT2D eigenvalue weighted by molar-refractivity contribution is 7.92. The summed E-state index contributed by atoms with van der Waals surface area (Å²) in [4.78, 5) is 20.0. The van der Waals surface area contributed by atoms with Crippen LogP contribution in [0.25, 0.3) is 11.0 Å². The molecule has 1 aliphatic carbocycles. The molecule has 4 N–H and O–H groups in total. The molecule has 0 spiro atoms. The number of nitrogens with one attached hydrogen (secondary N) is 3. The van der Waals surface area contributed by atoms with Gasteiger partial charge in [-0.2, -0.15) is 10.1 Å². The zero-order chi connectivity index (χ0) is 27.4. The third-order valence-electron chi connectivity index (χ3n) is 6.75. The molecule has 0 bridgehead atoms. The number of nitrogens with zero attached hydrogens (tertiary/aromatic N) is 4. The van der Waals surface area contributed by atoms with E-state index in [0.717, 1.165) is 31.1 Å². The van der Waals surface area contributed by atoms with E-state index in [4.69, 9.17) is 9.84 Å². The van der Waals surface area contributed by atoms with E-state index in [1.807, 2.05) is 4.68 Å². The third kappa shape index (κ3) is 6.37. The fourth-order valence-electron chi connectivity index (χ4n) is 4.69. The number of methoxy groups -OCH3 is 1. The minimum Gasteiger partial charge on any atom is -0.497 e. The molecule has 12 nitrogen and oxygen atoms in total. The van der Waals surface area contributed by atoms with Crippen molar-refractivity contribution in [1.82, 2.24) is 25.1 Å². The average Bonchev–Trinajstić information content (AvgIpc) is 3.32. The Morgan fingerprint density at radius 3 is 2.38 bits per heavy atom. The van der Waals surface area contributed by atoms with Crippen molar-refractivity contribution in [2.75, 3.05) is 17.1 Å². The highest BCUT2D eigenvalue weighted by Crippen LogP contribution is 2.27. The molecule has 1 aliphatic rings. The first-order valence-electron chi connectivity index (χ1n) is 12.5. The summed E-state index contributed by atoms with van der Waals surface area (Å²) in [6.07, 6.45) is 5.87. The number of carbonyl (C=O) groups is 1. The molecule has 0 atom stereocenters. The van der Waals surface area contributed by atoms with Crippen molar-refractivity contribution < 1.29 is 23.1 Å². The van der Waals surface area contributed by atoms with Crippen molar-refractivity contribution in [2.45, 2.75) is 43.2 Å². The van der Waals surface area contributed by atoms with Crippen LogP contribution in [0.15, 0.2) is 65.8 Å². The number of hydrogen-bond acceptors (Lipinski definition) is 8. The Balaban J connectivity index is 1.23. The van der Waals surface area contributed by atoms with E-state index in [0.29, 0.717) is 41.2 Å². The van der Waals surface area contributed by atoms with Gasteiger partial charge in [0.2, 0.25) is 5.95 Å². The van der Waals surface area contributed by atoms with Crippen molar-refractivity contribution in [3.63, 3.8) is 0 Å². The van der Waals surface area contributed by atoms with Crippen LogP contribution in [0.3, 0.4) is 0 Å². The van der Waals surface area contributed by atoms with Gasteiger partial charge in [0.25, 0.3) is 10.0 Å². The van der Waals surface area contributed by atoms with Gasteiger partial charge >= 0.3 is 6.09 Å². The standard InChI is InChI=1S/C26H29N7O5S/c1-38-22-10-6-21(7-11-22)32-39(36,37)23-12-8-19(9-13-23)29-25-27-14-18-15-28-33(24(18)31-25)16-17-2-4-20(5-3-17)30-26(34)35/h6-15,17,20,30,32H,2-5,16H2,1H3,(H,34,35)(H,27,29,31)/t17-,20-. The second-order valence-corrected chi connectivity index (χ2v) is 11.1. The van der Waals surface area contributed by atoms with Crippen LogP contribution in [0.4, 0.5) is 22.1 Å². The molecule has 204 valence electrons. The molecule has 39 heavy (non-hydrogen) atoms. The molecule has 5 rings (SSSR count).